The second-order valence-corrected chi connectivity index (χ2v) is 9.02. The first-order valence-electron chi connectivity index (χ1n) is 11.8. The lowest BCUT2D eigenvalue weighted by Crippen LogP contribution is -2.32. The fraction of sp³-hybridized carbons (Fsp3) is 0.148. The summed E-state index contributed by atoms with van der Waals surface area (Å²) in [5.41, 5.74) is 1.77. The van der Waals surface area contributed by atoms with Crippen molar-refractivity contribution in [3.8, 4) is 11.3 Å². The Hall–Kier alpha value is -4.64. The van der Waals surface area contributed by atoms with Crippen molar-refractivity contribution < 1.29 is 18.5 Å². The molecule has 0 spiro atoms. The fourth-order valence-electron chi connectivity index (χ4n) is 4.37. The summed E-state index contributed by atoms with van der Waals surface area (Å²) in [6.07, 6.45) is 1.80. The zero-order valence-corrected chi connectivity index (χ0v) is 20.7. The third-order valence-electron chi connectivity index (χ3n) is 6.17. The van der Waals surface area contributed by atoms with Gasteiger partial charge in [-0.15, -0.1) is 0 Å². The molecule has 0 aliphatic carbocycles. The van der Waals surface area contributed by atoms with Gasteiger partial charge in [0.15, 0.2) is 5.11 Å². The summed E-state index contributed by atoms with van der Waals surface area (Å²) in [4.78, 5) is 29.8. The minimum absolute atomic E-state index is 0.0377. The Kier molecular flexibility index (Phi) is 7.09. The van der Waals surface area contributed by atoms with Crippen LogP contribution in [0.2, 0.25) is 0 Å². The molecular formula is C27H22FN5O4S. The Morgan fingerprint density at radius 1 is 1.13 bits per heavy atom. The molecule has 0 unspecified atom stereocenters. The highest BCUT2D eigenvalue weighted by Crippen LogP contribution is 2.40. The number of non-ortho nitro benzene ring substituents is 1. The van der Waals surface area contributed by atoms with Gasteiger partial charge in [0.05, 0.1) is 16.7 Å². The summed E-state index contributed by atoms with van der Waals surface area (Å²) in [5, 5.41) is 17.7. The lowest BCUT2D eigenvalue weighted by atomic mass is 10.0. The number of rotatable bonds is 8. The van der Waals surface area contributed by atoms with Gasteiger partial charge in [0.1, 0.15) is 23.4 Å². The number of aromatic nitrogens is 1. The van der Waals surface area contributed by atoms with Crippen LogP contribution in [0.1, 0.15) is 30.0 Å². The average molecular weight is 532 g/mol. The molecule has 1 fully saturated rings. The van der Waals surface area contributed by atoms with Crippen molar-refractivity contribution in [1.29, 1.82) is 0 Å². The number of hydrogen-bond donors (Lipinski definition) is 2. The first-order chi connectivity index (χ1) is 18.4. The van der Waals surface area contributed by atoms with Gasteiger partial charge in [-0.2, -0.15) is 0 Å². The number of nitro benzene ring substituents is 1. The van der Waals surface area contributed by atoms with Gasteiger partial charge in [-0.05, 0) is 60.7 Å². The summed E-state index contributed by atoms with van der Waals surface area (Å²) in [7, 11) is 0. The minimum Gasteiger partial charge on any atom is -0.459 e. The van der Waals surface area contributed by atoms with E-state index in [1.54, 1.807) is 30.5 Å². The molecule has 2 atom stereocenters. The number of hydrogen-bond acceptors (Lipinski definition) is 6. The molecule has 5 rings (SSSR count). The molecular weight excluding hydrogens is 509 g/mol. The zero-order chi connectivity index (χ0) is 26.6. The maximum atomic E-state index is 13.2. The van der Waals surface area contributed by atoms with E-state index in [4.69, 9.17) is 16.6 Å². The summed E-state index contributed by atoms with van der Waals surface area (Å²) >= 11 is 5.63. The molecule has 1 aliphatic rings. The van der Waals surface area contributed by atoms with Gasteiger partial charge in [-0.3, -0.25) is 19.9 Å². The molecule has 0 radical (unpaired) electrons. The van der Waals surface area contributed by atoms with E-state index in [9.17, 15) is 19.3 Å². The molecule has 0 saturated carbocycles. The minimum atomic E-state index is -0.456. The van der Waals surface area contributed by atoms with E-state index in [0.717, 1.165) is 5.69 Å². The summed E-state index contributed by atoms with van der Waals surface area (Å²) in [5.74, 6) is 0.391. The Labute approximate surface area is 222 Å². The van der Waals surface area contributed by atoms with Gasteiger partial charge in [0.2, 0.25) is 5.91 Å². The van der Waals surface area contributed by atoms with E-state index in [1.165, 1.54) is 36.4 Å². The third-order valence-corrected chi connectivity index (χ3v) is 6.52. The largest absolute Gasteiger partial charge is 0.459 e. The quantitative estimate of drug-likeness (QED) is 0.177. The SMILES string of the molecule is O=C(CCN1C(=S)N[C@@H](c2ccccn2)[C@@H]1c1ccc(-c2cccc([N+](=O)[O-])c2)o1)Nc1ccc(F)cc1. The molecule has 1 amide bonds. The van der Waals surface area contributed by atoms with Crippen LogP contribution in [0.15, 0.2) is 89.5 Å². The van der Waals surface area contributed by atoms with Crippen molar-refractivity contribution >= 4 is 34.6 Å². The summed E-state index contributed by atoms with van der Waals surface area (Å²) in [6, 6.07) is 20.1. The van der Waals surface area contributed by atoms with Crippen LogP contribution < -0.4 is 10.6 Å². The number of benzene rings is 2. The molecule has 9 nitrogen and oxygen atoms in total. The number of nitrogens with zero attached hydrogens (tertiary/aromatic N) is 3. The van der Waals surface area contributed by atoms with Gasteiger partial charge >= 0.3 is 0 Å². The molecule has 192 valence electrons. The number of furan rings is 1. The molecule has 2 N–H and O–H groups in total. The van der Waals surface area contributed by atoms with Gasteiger partial charge in [0, 0.05) is 42.5 Å². The van der Waals surface area contributed by atoms with Gasteiger partial charge < -0.3 is 20.0 Å². The predicted octanol–water partition coefficient (Wildman–Crippen LogP) is 5.39. The Balaban J connectivity index is 1.40. The van der Waals surface area contributed by atoms with Crippen LogP contribution in [-0.2, 0) is 4.79 Å². The maximum absolute atomic E-state index is 13.2. The van der Waals surface area contributed by atoms with Crippen LogP contribution in [0.5, 0.6) is 0 Å². The van der Waals surface area contributed by atoms with E-state index >= 15 is 0 Å². The molecule has 0 bridgehead atoms. The van der Waals surface area contributed by atoms with Crippen molar-refractivity contribution in [3.05, 3.63) is 112 Å². The number of pyridine rings is 1. The van der Waals surface area contributed by atoms with E-state index in [1.807, 2.05) is 23.1 Å². The van der Waals surface area contributed by atoms with E-state index in [0.29, 0.717) is 27.9 Å². The smallest absolute Gasteiger partial charge is 0.270 e. The lowest BCUT2D eigenvalue weighted by molar-refractivity contribution is -0.384. The highest BCUT2D eigenvalue weighted by atomic mass is 32.1. The number of amides is 1. The van der Waals surface area contributed by atoms with E-state index < -0.39 is 11.0 Å². The topological polar surface area (TPSA) is 114 Å². The second kappa shape index (κ2) is 10.8. The molecule has 38 heavy (non-hydrogen) atoms. The first-order valence-corrected chi connectivity index (χ1v) is 12.2. The lowest BCUT2D eigenvalue weighted by Gasteiger charge is -2.25. The normalized spacial score (nSPS) is 16.8. The number of nitro groups is 1. The number of carbonyl (C=O) groups excluding carboxylic acids is 1. The Morgan fingerprint density at radius 2 is 1.95 bits per heavy atom. The molecule has 11 heteroatoms. The maximum Gasteiger partial charge on any atom is 0.270 e. The fourth-order valence-corrected chi connectivity index (χ4v) is 4.71. The second-order valence-electron chi connectivity index (χ2n) is 8.63. The molecule has 2 aromatic carbocycles. The number of anilines is 1. The van der Waals surface area contributed by atoms with Gasteiger partial charge in [-0.1, -0.05) is 18.2 Å². The molecule has 2 aromatic heterocycles. The van der Waals surface area contributed by atoms with Crippen molar-refractivity contribution in [1.82, 2.24) is 15.2 Å². The van der Waals surface area contributed by atoms with Crippen LogP contribution in [0.4, 0.5) is 15.8 Å². The van der Waals surface area contributed by atoms with Crippen molar-refractivity contribution in [2.45, 2.75) is 18.5 Å². The third kappa shape index (κ3) is 5.37. The molecule has 1 aliphatic heterocycles. The van der Waals surface area contributed by atoms with Gasteiger partial charge in [0.25, 0.3) is 5.69 Å². The predicted molar refractivity (Wildman–Crippen MR) is 143 cm³/mol. The first kappa shape index (κ1) is 25.0. The standard InChI is InChI=1S/C27H22FN5O4S/c28-18-7-9-19(10-8-18)30-24(34)13-15-32-26(25(31-27(32)38)21-6-1-2-14-29-21)23-12-11-22(37-23)17-4-3-5-20(16-17)33(35)36/h1-12,14,16,25-26H,13,15H2,(H,30,34)(H,31,38)/t25-,26-/m0/s1. The van der Waals surface area contributed by atoms with Crippen molar-refractivity contribution in [2.24, 2.45) is 0 Å². The summed E-state index contributed by atoms with van der Waals surface area (Å²) in [6.45, 7) is 0.277. The number of nitrogens with one attached hydrogen (secondary N) is 2. The van der Waals surface area contributed by atoms with Crippen LogP contribution in [-0.4, -0.2) is 32.4 Å². The number of carbonyl (C=O) groups is 1. The zero-order valence-electron chi connectivity index (χ0n) is 19.9. The van der Waals surface area contributed by atoms with E-state index in [2.05, 4.69) is 15.6 Å². The van der Waals surface area contributed by atoms with Crippen LogP contribution in [0.25, 0.3) is 11.3 Å². The van der Waals surface area contributed by atoms with Gasteiger partial charge in [-0.25, -0.2) is 4.39 Å². The molecule has 1 saturated heterocycles. The Bertz CT molecular complexity index is 1480. The average Bonchev–Trinajstić information content (AvgIpc) is 3.54. The monoisotopic (exact) mass is 531 g/mol. The van der Waals surface area contributed by atoms with Crippen LogP contribution >= 0.6 is 12.2 Å². The van der Waals surface area contributed by atoms with Crippen LogP contribution in [0.3, 0.4) is 0 Å². The van der Waals surface area contributed by atoms with Crippen LogP contribution in [0, 0.1) is 15.9 Å². The van der Waals surface area contributed by atoms with Crippen molar-refractivity contribution in [3.63, 3.8) is 0 Å². The highest BCUT2D eigenvalue weighted by Gasteiger charge is 2.41. The summed E-state index contributed by atoms with van der Waals surface area (Å²) < 4.78 is 19.4. The van der Waals surface area contributed by atoms with Crippen molar-refractivity contribution in [2.75, 3.05) is 11.9 Å². The number of halogens is 1. The Morgan fingerprint density at radius 3 is 2.68 bits per heavy atom. The van der Waals surface area contributed by atoms with E-state index in [-0.39, 0.29) is 36.4 Å². The molecule has 3 heterocycles. The number of thiocarbonyl (C=S) groups is 1. The highest BCUT2D eigenvalue weighted by molar-refractivity contribution is 7.80. The molecule has 4 aromatic rings.